The molecule has 31 heavy (non-hydrogen) atoms. The highest BCUT2D eigenvalue weighted by atomic mass is 16.5. The third-order valence-electron chi connectivity index (χ3n) is 5.43. The van der Waals surface area contributed by atoms with Gasteiger partial charge in [0.2, 0.25) is 0 Å². The van der Waals surface area contributed by atoms with Crippen LogP contribution in [0.4, 0.5) is 0 Å². The standard InChI is InChI=1S/C24H26N4O3/c1-17(2)19-9-11-20(12-10-19)28-22-21(23(29)27(24(28)30)13-14-31-3)26(16-25-22)15-18-7-5-4-6-8-18/h4-12,16-17H,13-15H2,1-3H3. The van der Waals surface area contributed by atoms with E-state index in [2.05, 4.69) is 18.8 Å². The van der Waals surface area contributed by atoms with Crippen molar-refractivity contribution in [2.45, 2.75) is 32.9 Å². The molecule has 7 heteroatoms. The summed E-state index contributed by atoms with van der Waals surface area (Å²) in [6.07, 6.45) is 1.62. The lowest BCUT2D eigenvalue weighted by molar-refractivity contribution is 0.184. The number of rotatable bonds is 7. The molecule has 0 aliphatic rings. The van der Waals surface area contributed by atoms with Gasteiger partial charge >= 0.3 is 5.69 Å². The van der Waals surface area contributed by atoms with Gasteiger partial charge in [-0.3, -0.25) is 9.36 Å². The number of ether oxygens (including phenoxy) is 1. The Morgan fingerprint density at radius 3 is 2.35 bits per heavy atom. The highest BCUT2D eigenvalue weighted by molar-refractivity contribution is 5.72. The van der Waals surface area contributed by atoms with Gasteiger partial charge in [0.25, 0.3) is 5.56 Å². The Balaban J connectivity index is 1.94. The van der Waals surface area contributed by atoms with Crippen LogP contribution in [0.1, 0.15) is 30.9 Å². The molecule has 0 saturated carbocycles. The second-order valence-corrected chi connectivity index (χ2v) is 7.84. The van der Waals surface area contributed by atoms with Crippen molar-refractivity contribution in [3.63, 3.8) is 0 Å². The molecule has 160 valence electrons. The zero-order valence-corrected chi connectivity index (χ0v) is 18.0. The molecule has 0 amide bonds. The van der Waals surface area contributed by atoms with Crippen molar-refractivity contribution >= 4 is 11.2 Å². The SMILES string of the molecule is COCCn1c(=O)c2c(ncn2Cc2ccccc2)n(-c2ccc(C(C)C)cc2)c1=O. The summed E-state index contributed by atoms with van der Waals surface area (Å²) in [7, 11) is 1.55. The molecule has 2 aromatic heterocycles. The number of benzene rings is 2. The summed E-state index contributed by atoms with van der Waals surface area (Å²) in [5.74, 6) is 0.381. The number of nitrogens with zero attached hydrogens (tertiary/aromatic N) is 4. The fourth-order valence-corrected chi connectivity index (χ4v) is 3.70. The fraction of sp³-hybridized carbons (Fsp3) is 0.292. The molecule has 0 unspecified atom stereocenters. The van der Waals surface area contributed by atoms with Crippen LogP contribution in [0.25, 0.3) is 16.9 Å². The van der Waals surface area contributed by atoms with Crippen LogP contribution in [0.2, 0.25) is 0 Å². The first-order valence-corrected chi connectivity index (χ1v) is 10.3. The van der Waals surface area contributed by atoms with E-state index in [1.54, 1.807) is 18.0 Å². The summed E-state index contributed by atoms with van der Waals surface area (Å²) >= 11 is 0. The van der Waals surface area contributed by atoms with Crippen LogP contribution < -0.4 is 11.2 Å². The topological polar surface area (TPSA) is 71.1 Å². The third-order valence-corrected chi connectivity index (χ3v) is 5.43. The molecule has 0 N–H and O–H groups in total. The van der Waals surface area contributed by atoms with Crippen LogP contribution in [-0.4, -0.2) is 32.4 Å². The number of hydrogen-bond acceptors (Lipinski definition) is 4. The number of imidazole rings is 1. The van der Waals surface area contributed by atoms with Gasteiger partial charge in [-0.2, -0.15) is 0 Å². The first-order valence-electron chi connectivity index (χ1n) is 10.3. The van der Waals surface area contributed by atoms with Gasteiger partial charge in [0, 0.05) is 13.7 Å². The Kier molecular flexibility index (Phi) is 5.86. The minimum absolute atomic E-state index is 0.171. The second-order valence-electron chi connectivity index (χ2n) is 7.84. The minimum atomic E-state index is -0.420. The first kappa shape index (κ1) is 20.8. The van der Waals surface area contributed by atoms with E-state index in [-0.39, 0.29) is 18.7 Å². The highest BCUT2D eigenvalue weighted by Crippen LogP contribution is 2.19. The van der Waals surface area contributed by atoms with E-state index in [1.165, 1.54) is 14.7 Å². The Morgan fingerprint density at radius 1 is 1.00 bits per heavy atom. The zero-order valence-electron chi connectivity index (χ0n) is 18.0. The predicted octanol–water partition coefficient (Wildman–Crippen LogP) is 3.17. The molecule has 0 aliphatic heterocycles. The molecule has 0 saturated heterocycles. The Morgan fingerprint density at radius 2 is 1.71 bits per heavy atom. The highest BCUT2D eigenvalue weighted by Gasteiger charge is 2.19. The van der Waals surface area contributed by atoms with E-state index in [4.69, 9.17) is 4.74 Å². The van der Waals surface area contributed by atoms with Gasteiger partial charge in [-0.1, -0.05) is 56.3 Å². The number of hydrogen-bond donors (Lipinski definition) is 0. The molecule has 2 aromatic carbocycles. The average Bonchev–Trinajstić information content (AvgIpc) is 3.18. The molecule has 0 radical (unpaired) electrons. The van der Waals surface area contributed by atoms with E-state index in [9.17, 15) is 9.59 Å². The molecule has 0 bridgehead atoms. The van der Waals surface area contributed by atoms with E-state index in [0.29, 0.717) is 29.3 Å². The van der Waals surface area contributed by atoms with Crippen molar-refractivity contribution in [2.24, 2.45) is 0 Å². The lowest BCUT2D eigenvalue weighted by atomic mass is 10.0. The van der Waals surface area contributed by atoms with Crippen molar-refractivity contribution in [1.29, 1.82) is 0 Å². The molecular formula is C24H26N4O3. The largest absolute Gasteiger partial charge is 0.383 e. The van der Waals surface area contributed by atoms with Crippen LogP contribution in [0.5, 0.6) is 0 Å². The van der Waals surface area contributed by atoms with Crippen molar-refractivity contribution in [1.82, 2.24) is 18.7 Å². The van der Waals surface area contributed by atoms with Gasteiger partial charge in [-0.05, 0) is 29.2 Å². The average molecular weight is 418 g/mol. The van der Waals surface area contributed by atoms with Gasteiger partial charge in [0.15, 0.2) is 11.2 Å². The second kappa shape index (κ2) is 8.73. The maximum absolute atomic E-state index is 13.3. The van der Waals surface area contributed by atoms with Gasteiger partial charge in [0.1, 0.15) is 0 Å². The minimum Gasteiger partial charge on any atom is -0.383 e. The van der Waals surface area contributed by atoms with Crippen molar-refractivity contribution in [3.05, 3.63) is 92.9 Å². The van der Waals surface area contributed by atoms with Crippen molar-refractivity contribution in [2.75, 3.05) is 13.7 Å². The lowest BCUT2D eigenvalue weighted by Crippen LogP contribution is -2.41. The molecular weight excluding hydrogens is 392 g/mol. The molecule has 0 atom stereocenters. The molecule has 2 heterocycles. The summed E-state index contributed by atoms with van der Waals surface area (Å²) in [4.78, 5) is 31.1. The Hall–Kier alpha value is -3.45. The van der Waals surface area contributed by atoms with E-state index in [0.717, 1.165) is 5.56 Å². The zero-order chi connectivity index (χ0) is 22.0. The molecule has 0 aliphatic carbocycles. The smallest absolute Gasteiger partial charge is 0.337 e. The quantitative estimate of drug-likeness (QED) is 0.462. The van der Waals surface area contributed by atoms with E-state index < -0.39 is 5.69 Å². The van der Waals surface area contributed by atoms with Crippen LogP contribution in [0.15, 0.2) is 70.5 Å². The van der Waals surface area contributed by atoms with Crippen LogP contribution in [0.3, 0.4) is 0 Å². The van der Waals surface area contributed by atoms with E-state index >= 15 is 0 Å². The van der Waals surface area contributed by atoms with Crippen LogP contribution in [-0.2, 0) is 17.8 Å². The molecule has 4 rings (SSSR count). The van der Waals surface area contributed by atoms with Crippen LogP contribution in [0, 0.1) is 0 Å². The van der Waals surface area contributed by atoms with Gasteiger partial charge in [-0.25, -0.2) is 14.3 Å². The number of aromatic nitrogens is 4. The fourth-order valence-electron chi connectivity index (χ4n) is 3.70. The number of methoxy groups -OCH3 is 1. The Labute approximate surface area is 180 Å². The maximum atomic E-state index is 13.3. The van der Waals surface area contributed by atoms with Gasteiger partial charge in [-0.15, -0.1) is 0 Å². The van der Waals surface area contributed by atoms with E-state index in [1.807, 2.05) is 54.6 Å². The lowest BCUT2D eigenvalue weighted by Gasteiger charge is -2.13. The summed E-state index contributed by atoms with van der Waals surface area (Å²) in [6.45, 7) is 5.16. The molecule has 0 spiro atoms. The van der Waals surface area contributed by atoms with Gasteiger partial charge < -0.3 is 9.30 Å². The molecule has 7 nitrogen and oxygen atoms in total. The normalized spacial score (nSPS) is 11.5. The van der Waals surface area contributed by atoms with Gasteiger partial charge in [0.05, 0.1) is 25.2 Å². The molecule has 0 fully saturated rings. The molecule has 4 aromatic rings. The summed E-state index contributed by atoms with van der Waals surface area (Å²) in [5.41, 5.74) is 2.87. The van der Waals surface area contributed by atoms with Crippen LogP contribution >= 0.6 is 0 Å². The van der Waals surface area contributed by atoms with Crippen molar-refractivity contribution in [3.8, 4) is 5.69 Å². The predicted molar refractivity (Wildman–Crippen MR) is 121 cm³/mol. The Bertz CT molecular complexity index is 1300. The number of fused-ring (bicyclic) bond motifs is 1. The first-order chi connectivity index (χ1) is 15.0. The third kappa shape index (κ3) is 3.96. The van der Waals surface area contributed by atoms with Crippen molar-refractivity contribution < 1.29 is 4.74 Å². The maximum Gasteiger partial charge on any atom is 0.337 e. The summed E-state index contributed by atoms with van der Waals surface area (Å²) in [6, 6.07) is 17.7. The monoisotopic (exact) mass is 418 g/mol. The summed E-state index contributed by atoms with van der Waals surface area (Å²) < 4.78 is 9.67. The summed E-state index contributed by atoms with van der Waals surface area (Å²) in [5, 5.41) is 0.